The van der Waals surface area contributed by atoms with E-state index in [4.69, 9.17) is 18.9 Å². The fourth-order valence-corrected chi connectivity index (χ4v) is 3.01. The summed E-state index contributed by atoms with van der Waals surface area (Å²) in [6.07, 6.45) is 2.26. The van der Waals surface area contributed by atoms with Crippen LogP contribution in [-0.4, -0.2) is 99.4 Å². The molecule has 0 bridgehead atoms. The predicted octanol–water partition coefficient (Wildman–Crippen LogP) is 1.98. The minimum atomic E-state index is -1.30. The van der Waals surface area contributed by atoms with Gasteiger partial charge in [0.2, 0.25) is 0 Å². The Labute approximate surface area is 209 Å². The van der Waals surface area contributed by atoms with Crippen molar-refractivity contribution in [1.82, 2.24) is 9.80 Å². The summed E-state index contributed by atoms with van der Waals surface area (Å²) in [6.45, 7) is 17.7. The maximum absolute atomic E-state index is 12.4. The third-order valence-electron chi connectivity index (χ3n) is 5.51. The first-order valence-corrected chi connectivity index (χ1v) is 12.0. The van der Waals surface area contributed by atoms with Crippen molar-refractivity contribution < 1.29 is 38.1 Å². The molecule has 0 saturated heterocycles. The number of hydrogen-bond acceptors (Lipinski definition) is 10. The predicted molar refractivity (Wildman–Crippen MR) is 131 cm³/mol. The van der Waals surface area contributed by atoms with Crippen LogP contribution in [0, 0.1) is 5.41 Å². The first kappa shape index (κ1) is 32.3. The Morgan fingerprint density at radius 3 is 1.23 bits per heavy atom. The number of rotatable bonds is 20. The summed E-state index contributed by atoms with van der Waals surface area (Å²) < 4.78 is 21.2. The average molecular weight is 499 g/mol. The van der Waals surface area contributed by atoms with E-state index >= 15 is 0 Å². The highest BCUT2D eigenvalue weighted by atomic mass is 16.6. The first-order valence-electron chi connectivity index (χ1n) is 12.0. The van der Waals surface area contributed by atoms with Crippen molar-refractivity contribution in [3.63, 3.8) is 0 Å². The summed E-state index contributed by atoms with van der Waals surface area (Å²) in [6, 6.07) is 0. The van der Waals surface area contributed by atoms with Gasteiger partial charge in [-0.05, 0) is 26.2 Å². The van der Waals surface area contributed by atoms with Crippen molar-refractivity contribution in [2.24, 2.45) is 5.41 Å². The molecule has 0 spiro atoms. The zero-order valence-corrected chi connectivity index (χ0v) is 21.7. The molecule has 10 nitrogen and oxygen atoms in total. The van der Waals surface area contributed by atoms with Gasteiger partial charge in [0.15, 0.2) is 0 Å². The lowest BCUT2D eigenvalue weighted by atomic mass is 9.92. The molecule has 0 heterocycles. The van der Waals surface area contributed by atoms with Crippen molar-refractivity contribution in [2.45, 2.75) is 40.5 Å². The van der Waals surface area contributed by atoms with Crippen LogP contribution in [0.25, 0.3) is 0 Å². The van der Waals surface area contributed by atoms with E-state index in [2.05, 4.69) is 23.0 Å². The van der Waals surface area contributed by atoms with Crippen LogP contribution in [-0.2, 0) is 38.1 Å². The Morgan fingerprint density at radius 2 is 0.943 bits per heavy atom. The number of esters is 4. The summed E-state index contributed by atoms with van der Waals surface area (Å²) >= 11 is 0. The Balaban J connectivity index is 5.43. The Hall–Kier alpha value is -2.72. The molecular formula is C25H42N2O8. The first-order chi connectivity index (χ1) is 16.7. The van der Waals surface area contributed by atoms with Crippen LogP contribution in [0.2, 0.25) is 0 Å². The van der Waals surface area contributed by atoms with Crippen molar-refractivity contribution in [3.8, 4) is 0 Å². The molecule has 0 N–H and O–H groups in total. The van der Waals surface area contributed by atoms with Gasteiger partial charge >= 0.3 is 23.9 Å². The third kappa shape index (κ3) is 14.3. The zero-order chi connectivity index (χ0) is 26.7. The van der Waals surface area contributed by atoms with Crippen molar-refractivity contribution in [3.05, 3.63) is 25.3 Å². The van der Waals surface area contributed by atoms with Gasteiger partial charge in [-0.3, -0.25) is 9.59 Å². The molecule has 0 atom stereocenters. The molecule has 0 rings (SSSR count). The Morgan fingerprint density at radius 1 is 0.629 bits per heavy atom. The van der Waals surface area contributed by atoms with Crippen LogP contribution in [0.5, 0.6) is 0 Å². The van der Waals surface area contributed by atoms with Crippen LogP contribution in [0.4, 0.5) is 0 Å². The molecule has 0 aromatic carbocycles. The van der Waals surface area contributed by atoms with Gasteiger partial charge in [0, 0.05) is 25.2 Å². The molecule has 0 aliphatic heterocycles. The van der Waals surface area contributed by atoms with Crippen LogP contribution >= 0.6 is 0 Å². The average Bonchev–Trinajstić information content (AvgIpc) is 2.88. The van der Waals surface area contributed by atoms with Crippen LogP contribution in [0.3, 0.4) is 0 Å². The van der Waals surface area contributed by atoms with Gasteiger partial charge in [-0.2, -0.15) is 0 Å². The van der Waals surface area contributed by atoms with Gasteiger partial charge in [0.05, 0.1) is 12.8 Å². The third-order valence-corrected chi connectivity index (χ3v) is 5.51. The summed E-state index contributed by atoms with van der Waals surface area (Å²) in [4.78, 5) is 52.4. The van der Waals surface area contributed by atoms with Gasteiger partial charge in [-0.25, -0.2) is 9.59 Å². The molecule has 0 unspecified atom stereocenters. The fraction of sp³-hybridized carbons (Fsp3) is 0.680. The van der Waals surface area contributed by atoms with Crippen molar-refractivity contribution in [2.75, 3.05) is 65.7 Å². The molecule has 0 radical (unpaired) electrons. The maximum atomic E-state index is 12.4. The van der Waals surface area contributed by atoms with Gasteiger partial charge < -0.3 is 28.7 Å². The van der Waals surface area contributed by atoms with Gasteiger partial charge in [-0.1, -0.05) is 40.9 Å². The van der Waals surface area contributed by atoms with Crippen LogP contribution in [0.15, 0.2) is 25.3 Å². The molecule has 0 aromatic rings. The van der Waals surface area contributed by atoms with E-state index in [1.54, 1.807) is 0 Å². The van der Waals surface area contributed by atoms with E-state index < -0.39 is 29.3 Å². The van der Waals surface area contributed by atoms with Crippen molar-refractivity contribution >= 4 is 23.9 Å². The number of ether oxygens (including phenoxy) is 4. The van der Waals surface area contributed by atoms with E-state index in [1.807, 2.05) is 27.7 Å². The second-order valence-electron chi connectivity index (χ2n) is 8.00. The minimum absolute atomic E-state index is 0.153. The summed E-state index contributed by atoms with van der Waals surface area (Å²) in [5.74, 6) is -2.38. The lowest BCUT2D eigenvalue weighted by Crippen LogP contribution is -2.44. The highest BCUT2D eigenvalue weighted by molar-refractivity contribution is 5.81. The lowest BCUT2D eigenvalue weighted by molar-refractivity contribution is -0.168. The maximum Gasteiger partial charge on any atom is 0.330 e. The standard InChI is InChI=1S/C25H42N2O8/c1-7-21(28)32-17-25(18-33-22(29)8-2,19-34-23(30)13-15-26(9-3)10-4)20-35-24(31)14-16-27(11-5)12-6/h7-8H,1-2,9-20H2,3-6H3. The molecule has 35 heavy (non-hydrogen) atoms. The summed E-state index contributed by atoms with van der Waals surface area (Å²) in [7, 11) is 0. The molecule has 0 aliphatic rings. The van der Waals surface area contributed by atoms with E-state index in [0.29, 0.717) is 13.1 Å². The van der Waals surface area contributed by atoms with Crippen LogP contribution < -0.4 is 0 Å². The SMILES string of the molecule is C=CC(=O)OCC(COC(=O)C=C)(COC(=O)CCN(CC)CC)COC(=O)CCN(CC)CC. The molecule has 0 aromatic heterocycles. The fourth-order valence-electron chi connectivity index (χ4n) is 3.01. The topological polar surface area (TPSA) is 112 Å². The smallest absolute Gasteiger partial charge is 0.330 e. The zero-order valence-electron chi connectivity index (χ0n) is 21.7. The number of hydrogen-bond donors (Lipinski definition) is 0. The Bertz CT molecular complexity index is 629. The largest absolute Gasteiger partial charge is 0.465 e. The van der Waals surface area contributed by atoms with Crippen LogP contribution in [0.1, 0.15) is 40.5 Å². The van der Waals surface area contributed by atoms with E-state index in [-0.39, 0.29) is 39.3 Å². The lowest BCUT2D eigenvalue weighted by Gasteiger charge is -2.31. The van der Waals surface area contributed by atoms with Gasteiger partial charge in [-0.15, -0.1) is 0 Å². The van der Waals surface area contributed by atoms with E-state index in [9.17, 15) is 19.2 Å². The van der Waals surface area contributed by atoms with Crippen molar-refractivity contribution in [1.29, 1.82) is 0 Å². The molecule has 0 saturated carbocycles. The number of carbonyl (C=O) groups excluding carboxylic acids is 4. The molecule has 200 valence electrons. The number of carbonyl (C=O) groups is 4. The van der Waals surface area contributed by atoms with Gasteiger partial charge in [0.1, 0.15) is 31.8 Å². The minimum Gasteiger partial charge on any atom is -0.465 e. The molecule has 0 aliphatic carbocycles. The van der Waals surface area contributed by atoms with Gasteiger partial charge in [0.25, 0.3) is 0 Å². The second-order valence-corrected chi connectivity index (χ2v) is 8.00. The molecule has 10 heteroatoms. The van der Waals surface area contributed by atoms with E-state index in [1.165, 1.54) is 0 Å². The highest BCUT2D eigenvalue weighted by Gasteiger charge is 2.37. The summed E-state index contributed by atoms with van der Waals surface area (Å²) in [5.41, 5.74) is -1.30. The molecule has 0 fully saturated rings. The Kier molecular flexibility index (Phi) is 17.1. The summed E-state index contributed by atoms with van der Waals surface area (Å²) in [5, 5.41) is 0. The molecular weight excluding hydrogens is 456 g/mol. The van der Waals surface area contributed by atoms with E-state index in [0.717, 1.165) is 38.3 Å². The highest BCUT2D eigenvalue weighted by Crippen LogP contribution is 2.22. The number of nitrogens with zero attached hydrogens (tertiary/aromatic N) is 2. The second kappa shape index (κ2) is 18.6. The normalized spacial score (nSPS) is 11.1. The quantitative estimate of drug-likeness (QED) is 0.140. The molecule has 0 amide bonds. The monoisotopic (exact) mass is 498 g/mol.